The van der Waals surface area contributed by atoms with E-state index in [9.17, 15) is 4.79 Å². The van der Waals surface area contributed by atoms with E-state index in [1.807, 2.05) is 25.7 Å². The van der Waals surface area contributed by atoms with Gasteiger partial charge in [-0.05, 0) is 38.7 Å². The van der Waals surface area contributed by atoms with Crippen molar-refractivity contribution in [2.75, 3.05) is 13.1 Å². The molecule has 2 unspecified atom stereocenters. The molecule has 1 aliphatic heterocycles. The lowest BCUT2D eigenvalue weighted by Gasteiger charge is -2.26. The maximum absolute atomic E-state index is 12.2. The summed E-state index contributed by atoms with van der Waals surface area (Å²) in [5.41, 5.74) is 2.54. The largest absolute Gasteiger partial charge is 0.444 e. The molecule has 0 N–H and O–H groups in total. The van der Waals surface area contributed by atoms with Crippen molar-refractivity contribution in [1.82, 2.24) is 4.90 Å². The van der Waals surface area contributed by atoms with Crippen LogP contribution < -0.4 is 0 Å². The molecule has 1 aromatic rings. The molecule has 2 aliphatic rings. The predicted molar refractivity (Wildman–Crippen MR) is 86.3 cm³/mol. The van der Waals surface area contributed by atoms with Crippen molar-refractivity contribution in [2.45, 2.75) is 44.5 Å². The highest BCUT2D eigenvalue weighted by Crippen LogP contribution is 2.59. The predicted octanol–water partition coefficient (Wildman–Crippen LogP) is 2.33. The van der Waals surface area contributed by atoms with Gasteiger partial charge < -0.3 is 9.64 Å². The molecule has 4 heteroatoms. The molecular weight excluding hydrogens is 261 g/mol. The first-order valence-corrected chi connectivity index (χ1v) is 7.91. The number of benzene rings is 1. The Labute approximate surface area is 128 Å². The molecule has 1 saturated carbocycles. The van der Waals surface area contributed by atoms with Gasteiger partial charge in [0.1, 0.15) is 13.4 Å². The molecule has 3 nitrogen and oxygen atoms in total. The Bertz CT molecular complexity index is 549. The minimum atomic E-state index is -0.417. The molecule has 0 radical (unpaired) electrons. The van der Waals surface area contributed by atoms with Crippen LogP contribution in [0.15, 0.2) is 24.3 Å². The normalized spacial score (nSPS) is 27.4. The smallest absolute Gasteiger partial charge is 0.410 e. The fourth-order valence-electron chi connectivity index (χ4n) is 3.47. The highest BCUT2D eigenvalue weighted by atomic mass is 16.6. The van der Waals surface area contributed by atoms with Gasteiger partial charge in [0, 0.05) is 18.5 Å². The molecule has 1 aliphatic carbocycles. The number of likely N-dealkylation sites (tertiary alicyclic amines) is 1. The number of carbonyl (C=O) groups excluding carboxylic acids is 1. The van der Waals surface area contributed by atoms with Crippen molar-refractivity contribution in [2.24, 2.45) is 5.92 Å². The van der Waals surface area contributed by atoms with Crippen LogP contribution in [0.3, 0.4) is 0 Å². The summed E-state index contributed by atoms with van der Waals surface area (Å²) in [5.74, 6) is 0.609. The zero-order chi connectivity index (χ0) is 15.3. The first-order valence-electron chi connectivity index (χ1n) is 7.91. The van der Waals surface area contributed by atoms with E-state index < -0.39 is 5.60 Å². The second-order valence-corrected chi connectivity index (χ2v) is 7.47. The van der Waals surface area contributed by atoms with E-state index in [0.717, 1.165) is 19.4 Å². The summed E-state index contributed by atoms with van der Waals surface area (Å²) < 4.78 is 5.49. The molecule has 2 atom stereocenters. The molecule has 112 valence electrons. The molecule has 1 saturated heterocycles. The van der Waals surface area contributed by atoms with E-state index in [-0.39, 0.29) is 11.5 Å². The zero-order valence-electron chi connectivity index (χ0n) is 13.5. The summed E-state index contributed by atoms with van der Waals surface area (Å²) in [5, 5.41) is 0. The van der Waals surface area contributed by atoms with Gasteiger partial charge in [-0.2, -0.15) is 0 Å². The zero-order valence-corrected chi connectivity index (χ0v) is 13.5. The van der Waals surface area contributed by atoms with Crippen LogP contribution in [-0.2, 0) is 16.5 Å². The Kier molecular flexibility index (Phi) is 3.30. The molecule has 1 heterocycles. The SMILES string of the molecule is BCc1ccc(C23CC2CN(C(=O)OC(C)(C)C)C3)cc1. The van der Waals surface area contributed by atoms with Crippen molar-refractivity contribution in [3.05, 3.63) is 35.4 Å². The monoisotopic (exact) mass is 285 g/mol. The summed E-state index contributed by atoms with van der Waals surface area (Å²) in [6.07, 6.45) is 2.11. The van der Waals surface area contributed by atoms with Crippen LogP contribution in [-0.4, -0.2) is 37.5 Å². The second kappa shape index (κ2) is 4.79. The van der Waals surface area contributed by atoms with Crippen LogP contribution in [0.5, 0.6) is 0 Å². The van der Waals surface area contributed by atoms with Gasteiger partial charge in [0.25, 0.3) is 0 Å². The number of hydrogen-bond donors (Lipinski definition) is 0. The summed E-state index contributed by atoms with van der Waals surface area (Å²) >= 11 is 0. The highest BCUT2D eigenvalue weighted by molar-refractivity contribution is 6.08. The number of rotatable bonds is 2. The number of carbonyl (C=O) groups is 1. The Morgan fingerprint density at radius 2 is 2.05 bits per heavy atom. The van der Waals surface area contributed by atoms with E-state index >= 15 is 0 Å². The first-order chi connectivity index (χ1) is 9.84. The van der Waals surface area contributed by atoms with Crippen molar-refractivity contribution in [3.8, 4) is 0 Å². The van der Waals surface area contributed by atoms with Crippen molar-refractivity contribution >= 4 is 13.9 Å². The van der Waals surface area contributed by atoms with E-state index in [0.29, 0.717) is 5.92 Å². The van der Waals surface area contributed by atoms with Crippen LogP contribution in [0.1, 0.15) is 38.3 Å². The van der Waals surface area contributed by atoms with Gasteiger partial charge in [0.05, 0.1) is 0 Å². The standard InChI is InChI=1S/C17H24BNO2/c1-16(2,3)21-15(20)19-10-14-8-17(14,11-19)13-6-4-12(9-18)5-7-13/h4-7,14H,8-11,18H2,1-3H3. The van der Waals surface area contributed by atoms with Gasteiger partial charge in [-0.15, -0.1) is 0 Å². The van der Waals surface area contributed by atoms with E-state index in [4.69, 9.17) is 4.74 Å². The highest BCUT2D eigenvalue weighted by Gasteiger charge is 2.62. The molecule has 21 heavy (non-hydrogen) atoms. The Morgan fingerprint density at radius 1 is 1.38 bits per heavy atom. The molecule has 3 rings (SSSR count). The maximum atomic E-state index is 12.2. The number of hydrogen-bond acceptors (Lipinski definition) is 2. The average molecular weight is 285 g/mol. The molecule has 1 amide bonds. The Morgan fingerprint density at radius 3 is 2.62 bits per heavy atom. The van der Waals surface area contributed by atoms with Crippen LogP contribution >= 0.6 is 0 Å². The van der Waals surface area contributed by atoms with Gasteiger partial charge >= 0.3 is 6.09 Å². The number of nitrogens with zero attached hydrogens (tertiary/aromatic N) is 1. The third-order valence-electron chi connectivity index (χ3n) is 4.73. The van der Waals surface area contributed by atoms with Gasteiger partial charge in [-0.1, -0.05) is 36.1 Å². The van der Waals surface area contributed by atoms with Crippen LogP contribution in [0.4, 0.5) is 4.79 Å². The third kappa shape index (κ3) is 2.68. The van der Waals surface area contributed by atoms with Crippen LogP contribution in [0.2, 0.25) is 0 Å². The minimum absolute atomic E-state index is 0.167. The fourth-order valence-corrected chi connectivity index (χ4v) is 3.47. The summed E-state index contributed by atoms with van der Waals surface area (Å²) in [6, 6.07) is 8.93. The fraction of sp³-hybridized carbons (Fsp3) is 0.588. The number of fused-ring (bicyclic) bond motifs is 1. The molecule has 0 aromatic heterocycles. The van der Waals surface area contributed by atoms with Crippen molar-refractivity contribution in [1.29, 1.82) is 0 Å². The molecular formula is C17H24BNO2. The van der Waals surface area contributed by atoms with Gasteiger partial charge in [-0.3, -0.25) is 0 Å². The minimum Gasteiger partial charge on any atom is -0.444 e. The van der Waals surface area contributed by atoms with Crippen LogP contribution in [0, 0.1) is 5.92 Å². The quantitative estimate of drug-likeness (QED) is 0.780. The third-order valence-corrected chi connectivity index (χ3v) is 4.73. The lowest BCUT2D eigenvalue weighted by molar-refractivity contribution is 0.0270. The molecule has 2 fully saturated rings. The van der Waals surface area contributed by atoms with Gasteiger partial charge in [-0.25, -0.2) is 4.79 Å². The Balaban J connectivity index is 1.70. The van der Waals surface area contributed by atoms with Crippen molar-refractivity contribution in [3.63, 3.8) is 0 Å². The topological polar surface area (TPSA) is 29.5 Å². The first kappa shape index (κ1) is 14.5. The second-order valence-electron chi connectivity index (χ2n) is 7.47. The van der Waals surface area contributed by atoms with E-state index in [1.165, 1.54) is 17.5 Å². The van der Waals surface area contributed by atoms with E-state index in [1.54, 1.807) is 0 Å². The average Bonchev–Trinajstić information content (AvgIpc) is 2.99. The summed E-state index contributed by atoms with van der Waals surface area (Å²) in [4.78, 5) is 14.1. The molecule has 0 spiro atoms. The lowest BCUT2D eigenvalue weighted by atomic mass is 9.91. The van der Waals surface area contributed by atoms with Crippen LogP contribution in [0.25, 0.3) is 0 Å². The van der Waals surface area contributed by atoms with Crippen molar-refractivity contribution < 1.29 is 9.53 Å². The summed E-state index contributed by atoms with van der Waals surface area (Å²) in [7, 11) is 2.17. The lowest BCUT2D eigenvalue weighted by Crippen LogP contribution is -2.37. The summed E-state index contributed by atoms with van der Waals surface area (Å²) in [6.45, 7) is 7.39. The van der Waals surface area contributed by atoms with Gasteiger partial charge in [0.2, 0.25) is 0 Å². The van der Waals surface area contributed by atoms with Gasteiger partial charge in [0.15, 0.2) is 0 Å². The Hall–Kier alpha value is -1.45. The number of piperidine rings is 1. The van der Waals surface area contributed by atoms with E-state index in [2.05, 4.69) is 32.1 Å². The molecule has 1 aromatic carbocycles. The maximum Gasteiger partial charge on any atom is 0.410 e. The molecule has 0 bridgehead atoms. The number of amides is 1. The number of ether oxygens (including phenoxy) is 1.